The van der Waals surface area contributed by atoms with Crippen LogP contribution in [0.25, 0.3) is 15.9 Å². The van der Waals surface area contributed by atoms with Crippen molar-refractivity contribution in [3.8, 4) is 5.69 Å². The Hall–Kier alpha value is -3.86. The van der Waals surface area contributed by atoms with E-state index in [0.717, 1.165) is 11.3 Å². The van der Waals surface area contributed by atoms with Gasteiger partial charge in [0, 0.05) is 0 Å². The van der Waals surface area contributed by atoms with Crippen molar-refractivity contribution >= 4 is 33.5 Å². The minimum absolute atomic E-state index is 0.0145. The Morgan fingerprint density at radius 3 is 2.69 bits per heavy atom. The summed E-state index contributed by atoms with van der Waals surface area (Å²) in [7, 11) is 0. The Kier molecular flexibility index (Phi) is 5.82. The van der Waals surface area contributed by atoms with Gasteiger partial charge in [-0.1, -0.05) is 18.2 Å². The van der Waals surface area contributed by atoms with Gasteiger partial charge < -0.3 is 14.5 Å². The molecule has 0 fully saturated rings. The number of esters is 2. The van der Waals surface area contributed by atoms with Crippen LogP contribution in [0.4, 0.5) is 0 Å². The number of aryl methyl sites for hydroxylation is 1. The molecule has 0 aliphatic heterocycles. The molecule has 1 atom stereocenters. The number of ether oxygens (including phenoxy) is 2. The summed E-state index contributed by atoms with van der Waals surface area (Å²) in [6, 6.07) is 9.12. The molecule has 0 saturated carbocycles. The van der Waals surface area contributed by atoms with E-state index in [4.69, 9.17) is 9.47 Å². The first-order chi connectivity index (χ1) is 15.4. The average molecular weight is 453 g/mol. The molecule has 3 aromatic heterocycles. The number of para-hydroxylation sites is 1. The molecule has 1 aromatic carbocycles. The largest absolute Gasteiger partial charge is 0.462 e. The minimum Gasteiger partial charge on any atom is -0.462 e. The fraction of sp³-hybridized carbons (Fsp3) is 0.238. The summed E-state index contributed by atoms with van der Waals surface area (Å²) >= 11 is 1.06. The third kappa shape index (κ3) is 4.02. The third-order valence-electron chi connectivity index (χ3n) is 4.64. The van der Waals surface area contributed by atoms with E-state index in [1.165, 1.54) is 11.0 Å². The zero-order valence-electron chi connectivity index (χ0n) is 17.5. The highest BCUT2D eigenvalue weighted by atomic mass is 32.1. The smallest absolute Gasteiger partial charge is 0.361 e. The van der Waals surface area contributed by atoms with Gasteiger partial charge in [-0.05, 0) is 38.5 Å². The van der Waals surface area contributed by atoms with Crippen molar-refractivity contribution in [1.82, 2.24) is 25.0 Å². The Labute approximate surface area is 185 Å². The fourth-order valence-electron chi connectivity index (χ4n) is 3.06. The minimum atomic E-state index is -0.866. The summed E-state index contributed by atoms with van der Waals surface area (Å²) in [6.45, 7) is 5.18. The summed E-state index contributed by atoms with van der Waals surface area (Å²) in [6.07, 6.45) is 0.435. The van der Waals surface area contributed by atoms with E-state index >= 15 is 0 Å². The number of hydrogen-bond donors (Lipinski definition) is 1. The van der Waals surface area contributed by atoms with E-state index in [1.807, 2.05) is 18.2 Å². The molecular formula is C21H19N5O5S. The van der Waals surface area contributed by atoms with Crippen molar-refractivity contribution < 1.29 is 19.1 Å². The van der Waals surface area contributed by atoms with Gasteiger partial charge in [0.2, 0.25) is 0 Å². The number of aromatic amines is 1. The highest BCUT2D eigenvalue weighted by Gasteiger charge is 2.23. The molecule has 0 aliphatic carbocycles. The molecule has 4 aromatic rings. The third-order valence-corrected chi connectivity index (χ3v) is 5.80. The quantitative estimate of drug-likeness (QED) is 0.441. The standard InChI is InChI=1S/C21H19N5O5S/c1-4-30-21(29)16-11(2)15-18(27)23-17(24-19(15)32-16)12(3)31-20(28)14-10-22-26(25-14)13-8-6-5-7-9-13/h5-10,12H,4H2,1-3H3,(H,23,24,27). The predicted octanol–water partition coefficient (Wildman–Crippen LogP) is 2.97. The molecule has 0 radical (unpaired) electrons. The summed E-state index contributed by atoms with van der Waals surface area (Å²) in [5.41, 5.74) is 0.792. The van der Waals surface area contributed by atoms with E-state index < -0.39 is 23.6 Å². The molecule has 0 bridgehead atoms. The van der Waals surface area contributed by atoms with Crippen LogP contribution in [0, 0.1) is 6.92 Å². The van der Waals surface area contributed by atoms with Crippen molar-refractivity contribution in [2.75, 3.05) is 6.61 Å². The number of nitrogens with one attached hydrogen (secondary N) is 1. The number of hydrogen-bond acceptors (Lipinski definition) is 9. The molecule has 32 heavy (non-hydrogen) atoms. The average Bonchev–Trinajstić information content (AvgIpc) is 3.40. The Bertz CT molecular complexity index is 1360. The number of H-pyrrole nitrogens is 1. The van der Waals surface area contributed by atoms with Gasteiger partial charge in [0.05, 0.1) is 23.9 Å². The van der Waals surface area contributed by atoms with Crippen LogP contribution in [0.5, 0.6) is 0 Å². The zero-order valence-corrected chi connectivity index (χ0v) is 18.3. The van der Waals surface area contributed by atoms with E-state index in [9.17, 15) is 14.4 Å². The Morgan fingerprint density at radius 1 is 1.22 bits per heavy atom. The molecule has 1 unspecified atom stereocenters. The van der Waals surface area contributed by atoms with Crippen LogP contribution in [-0.2, 0) is 9.47 Å². The number of fused-ring (bicyclic) bond motifs is 1. The second-order valence-corrected chi connectivity index (χ2v) is 7.81. The molecule has 0 saturated heterocycles. The maximum Gasteiger partial charge on any atom is 0.361 e. The van der Waals surface area contributed by atoms with Crippen LogP contribution in [0.3, 0.4) is 0 Å². The molecule has 10 nitrogen and oxygen atoms in total. The lowest BCUT2D eigenvalue weighted by atomic mass is 10.2. The monoisotopic (exact) mass is 453 g/mol. The van der Waals surface area contributed by atoms with Gasteiger partial charge in [0.1, 0.15) is 9.71 Å². The van der Waals surface area contributed by atoms with Crippen molar-refractivity contribution in [2.24, 2.45) is 0 Å². The molecule has 0 aliphatic rings. The number of carbonyl (C=O) groups excluding carboxylic acids is 2. The molecule has 0 amide bonds. The lowest BCUT2D eigenvalue weighted by Gasteiger charge is -2.11. The van der Waals surface area contributed by atoms with Crippen LogP contribution in [0.1, 0.15) is 51.5 Å². The summed E-state index contributed by atoms with van der Waals surface area (Å²) in [5.74, 6) is -1.06. The number of benzene rings is 1. The second-order valence-electron chi connectivity index (χ2n) is 6.81. The molecular weight excluding hydrogens is 434 g/mol. The van der Waals surface area contributed by atoms with Gasteiger partial charge in [0.25, 0.3) is 5.56 Å². The molecule has 0 spiro atoms. The molecule has 1 N–H and O–H groups in total. The molecule has 4 rings (SSSR count). The van der Waals surface area contributed by atoms with Crippen molar-refractivity contribution in [2.45, 2.75) is 26.9 Å². The van der Waals surface area contributed by atoms with Crippen molar-refractivity contribution in [3.05, 3.63) is 68.8 Å². The highest BCUT2D eigenvalue weighted by Crippen LogP contribution is 2.28. The topological polar surface area (TPSA) is 129 Å². The first kappa shape index (κ1) is 21.4. The van der Waals surface area contributed by atoms with Crippen molar-refractivity contribution in [3.63, 3.8) is 0 Å². The van der Waals surface area contributed by atoms with Gasteiger partial charge in [-0.2, -0.15) is 9.90 Å². The number of carbonyl (C=O) groups is 2. The number of aromatic nitrogens is 5. The van der Waals surface area contributed by atoms with Crippen LogP contribution >= 0.6 is 11.3 Å². The fourth-order valence-corrected chi connectivity index (χ4v) is 4.15. The van der Waals surface area contributed by atoms with Crippen LogP contribution in [0.15, 0.2) is 41.3 Å². The van der Waals surface area contributed by atoms with Gasteiger partial charge in [0.15, 0.2) is 17.6 Å². The SMILES string of the molecule is CCOC(=O)c1sc2nc(C(C)OC(=O)c3cnn(-c4ccccc4)n3)[nH]c(=O)c2c1C. The molecule has 3 heterocycles. The van der Waals surface area contributed by atoms with Crippen molar-refractivity contribution in [1.29, 1.82) is 0 Å². The van der Waals surface area contributed by atoms with Gasteiger partial charge >= 0.3 is 11.9 Å². The second kappa shape index (κ2) is 8.71. The number of rotatable bonds is 6. The van der Waals surface area contributed by atoms with Crippen LogP contribution < -0.4 is 5.56 Å². The lowest BCUT2D eigenvalue weighted by Crippen LogP contribution is -2.17. The maximum absolute atomic E-state index is 12.6. The number of thiophene rings is 1. The highest BCUT2D eigenvalue weighted by molar-refractivity contribution is 7.20. The summed E-state index contributed by atoms with van der Waals surface area (Å²) in [5, 5.41) is 8.52. The molecule has 11 heteroatoms. The van der Waals surface area contributed by atoms with Crippen LogP contribution in [-0.4, -0.2) is 43.5 Å². The first-order valence-corrected chi connectivity index (χ1v) is 10.6. The summed E-state index contributed by atoms with van der Waals surface area (Å²) in [4.78, 5) is 46.3. The van der Waals surface area contributed by atoms with Gasteiger partial charge in [-0.25, -0.2) is 14.6 Å². The van der Waals surface area contributed by atoms with Gasteiger partial charge in [-0.15, -0.1) is 16.4 Å². The zero-order chi connectivity index (χ0) is 22.8. The van der Waals surface area contributed by atoms with E-state index in [-0.39, 0.29) is 18.1 Å². The Balaban J connectivity index is 1.57. The Morgan fingerprint density at radius 2 is 1.97 bits per heavy atom. The normalized spacial score (nSPS) is 12.0. The first-order valence-electron chi connectivity index (χ1n) is 9.78. The number of nitrogens with zero attached hydrogens (tertiary/aromatic N) is 4. The summed E-state index contributed by atoms with van der Waals surface area (Å²) < 4.78 is 10.5. The van der Waals surface area contributed by atoms with Gasteiger partial charge in [-0.3, -0.25) is 4.79 Å². The molecule has 164 valence electrons. The van der Waals surface area contributed by atoms with E-state index in [2.05, 4.69) is 20.2 Å². The van der Waals surface area contributed by atoms with E-state index in [1.54, 1.807) is 32.9 Å². The van der Waals surface area contributed by atoms with Crippen LogP contribution in [0.2, 0.25) is 0 Å². The maximum atomic E-state index is 12.6. The van der Waals surface area contributed by atoms with E-state index in [0.29, 0.717) is 26.3 Å². The lowest BCUT2D eigenvalue weighted by molar-refractivity contribution is 0.0312. The predicted molar refractivity (Wildman–Crippen MR) is 116 cm³/mol.